The first-order chi connectivity index (χ1) is 15.3. The lowest BCUT2D eigenvalue weighted by atomic mass is 9.94. The average molecular weight is 445 g/mol. The van der Waals surface area contributed by atoms with Crippen LogP contribution in [0.2, 0.25) is 0 Å². The van der Waals surface area contributed by atoms with Crippen LogP contribution >= 0.6 is 0 Å². The van der Waals surface area contributed by atoms with Gasteiger partial charge in [-0.25, -0.2) is 19.3 Å². The lowest BCUT2D eigenvalue weighted by Crippen LogP contribution is -2.39. The number of aromatic nitrogens is 3. The third-order valence-electron chi connectivity index (χ3n) is 5.24. The second-order valence-corrected chi connectivity index (χ2v) is 7.42. The predicted molar refractivity (Wildman–Crippen MR) is 109 cm³/mol. The molecule has 1 amide bonds. The number of nitrogens with zero attached hydrogens (tertiary/aromatic N) is 4. The molecule has 1 saturated heterocycles. The van der Waals surface area contributed by atoms with E-state index < -0.39 is 17.6 Å². The average Bonchev–Trinajstić information content (AvgIpc) is 2.79. The van der Waals surface area contributed by atoms with Crippen molar-refractivity contribution in [1.29, 1.82) is 0 Å². The number of amides is 1. The van der Waals surface area contributed by atoms with Crippen molar-refractivity contribution >= 4 is 17.7 Å². The number of alkyl halides is 3. The van der Waals surface area contributed by atoms with Crippen molar-refractivity contribution in [3.05, 3.63) is 77.5 Å². The Balaban J connectivity index is 1.51. The van der Waals surface area contributed by atoms with Crippen LogP contribution in [0.25, 0.3) is 0 Å². The summed E-state index contributed by atoms with van der Waals surface area (Å²) in [7, 11) is 0. The molecule has 0 unspecified atom stereocenters. The van der Waals surface area contributed by atoms with Crippen molar-refractivity contribution in [3.63, 3.8) is 0 Å². The largest absolute Gasteiger partial charge is 0.419 e. The number of nitrogens with one attached hydrogen (secondary N) is 1. The Labute approximate surface area is 181 Å². The summed E-state index contributed by atoms with van der Waals surface area (Å²) in [5, 5.41) is 2.55. The number of rotatable bonds is 4. The summed E-state index contributed by atoms with van der Waals surface area (Å²) in [6, 6.07) is 9.19. The van der Waals surface area contributed by atoms with Gasteiger partial charge in [-0.1, -0.05) is 0 Å². The van der Waals surface area contributed by atoms with E-state index in [1.54, 1.807) is 11.0 Å². The second-order valence-electron chi connectivity index (χ2n) is 7.42. The Morgan fingerprint density at radius 2 is 1.84 bits per heavy atom. The van der Waals surface area contributed by atoms with E-state index >= 15 is 0 Å². The van der Waals surface area contributed by atoms with Crippen LogP contribution in [-0.4, -0.2) is 38.8 Å². The fraction of sp³-hybridized carbons (Fsp3) is 0.273. The molecule has 2 aromatic heterocycles. The van der Waals surface area contributed by atoms with Gasteiger partial charge in [0.05, 0.1) is 11.3 Å². The highest BCUT2D eigenvalue weighted by atomic mass is 19.4. The molecule has 0 aliphatic carbocycles. The molecule has 1 aromatic carbocycles. The minimum Gasteiger partial charge on any atom is -0.338 e. The Morgan fingerprint density at radius 3 is 2.59 bits per heavy atom. The summed E-state index contributed by atoms with van der Waals surface area (Å²) >= 11 is 0. The number of anilines is 2. The second kappa shape index (κ2) is 8.89. The summed E-state index contributed by atoms with van der Waals surface area (Å²) in [6.45, 7) is 0.954. The Bertz CT molecular complexity index is 1100. The predicted octanol–water partition coefficient (Wildman–Crippen LogP) is 4.79. The van der Waals surface area contributed by atoms with Gasteiger partial charge in [-0.05, 0) is 55.3 Å². The molecule has 4 rings (SSSR count). The van der Waals surface area contributed by atoms with Crippen LogP contribution in [0.4, 0.5) is 29.3 Å². The van der Waals surface area contributed by atoms with E-state index in [1.165, 1.54) is 42.7 Å². The van der Waals surface area contributed by atoms with Crippen molar-refractivity contribution in [2.45, 2.75) is 24.9 Å². The first kappa shape index (κ1) is 21.7. The molecule has 0 saturated carbocycles. The number of piperidine rings is 1. The third-order valence-corrected chi connectivity index (χ3v) is 5.24. The van der Waals surface area contributed by atoms with E-state index in [9.17, 15) is 22.4 Å². The molecule has 166 valence electrons. The quantitative estimate of drug-likeness (QED) is 0.585. The molecule has 1 atom stereocenters. The minimum atomic E-state index is -4.57. The molecule has 1 aliphatic heterocycles. The Morgan fingerprint density at radius 1 is 1.06 bits per heavy atom. The van der Waals surface area contributed by atoms with Gasteiger partial charge in [0.1, 0.15) is 11.6 Å². The molecule has 0 bridgehead atoms. The first-order valence-corrected chi connectivity index (χ1v) is 9.98. The molecular formula is C22H19F4N5O. The van der Waals surface area contributed by atoms with E-state index in [0.29, 0.717) is 24.3 Å². The maximum Gasteiger partial charge on any atom is 0.419 e. The summed E-state index contributed by atoms with van der Waals surface area (Å²) in [5.74, 6) is -1.11. The van der Waals surface area contributed by atoms with Crippen molar-refractivity contribution in [2.75, 3.05) is 18.4 Å². The van der Waals surface area contributed by atoms with Crippen LogP contribution in [0.1, 0.15) is 40.4 Å². The number of hydrogen-bond donors (Lipinski definition) is 1. The van der Waals surface area contributed by atoms with Crippen molar-refractivity contribution in [2.24, 2.45) is 0 Å². The highest BCUT2D eigenvalue weighted by Gasteiger charge is 2.34. The summed E-state index contributed by atoms with van der Waals surface area (Å²) < 4.78 is 52.8. The van der Waals surface area contributed by atoms with Gasteiger partial charge in [0.15, 0.2) is 0 Å². The van der Waals surface area contributed by atoms with Gasteiger partial charge in [0.25, 0.3) is 5.91 Å². The number of pyridine rings is 1. The van der Waals surface area contributed by atoms with Crippen LogP contribution in [0, 0.1) is 5.82 Å². The highest BCUT2D eigenvalue weighted by molar-refractivity contribution is 5.94. The van der Waals surface area contributed by atoms with Crippen molar-refractivity contribution < 1.29 is 22.4 Å². The van der Waals surface area contributed by atoms with Gasteiger partial charge in [-0.15, -0.1) is 0 Å². The molecule has 3 aromatic rings. The number of hydrogen-bond acceptors (Lipinski definition) is 5. The van der Waals surface area contributed by atoms with Crippen LogP contribution in [-0.2, 0) is 6.18 Å². The van der Waals surface area contributed by atoms with E-state index in [2.05, 4.69) is 20.3 Å². The first-order valence-electron chi connectivity index (χ1n) is 9.98. The molecule has 1 N–H and O–H groups in total. The molecule has 1 fully saturated rings. The Hall–Kier alpha value is -3.56. The molecule has 10 heteroatoms. The van der Waals surface area contributed by atoms with Crippen molar-refractivity contribution in [3.8, 4) is 0 Å². The normalized spacial score (nSPS) is 16.6. The zero-order chi connectivity index (χ0) is 22.7. The van der Waals surface area contributed by atoms with Crippen molar-refractivity contribution in [1.82, 2.24) is 19.9 Å². The molecule has 6 nitrogen and oxygen atoms in total. The monoisotopic (exact) mass is 445 g/mol. The van der Waals surface area contributed by atoms with Gasteiger partial charge in [-0.2, -0.15) is 13.2 Å². The lowest BCUT2D eigenvalue weighted by molar-refractivity contribution is -0.137. The summed E-state index contributed by atoms with van der Waals surface area (Å²) in [6.07, 6.45) is -0.355. The molecular weight excluding hydrogens is 426 g/mol. The fourth-order valence-corrected chi connectivity index (χ4v) is 3.68. The maximum absolute atomic E-state index is 13.2. The molecule has 3 heterocycles. The maximum atomic E-state index is 13.2. The fourth-order valence-electron chi connectivity index (χ4n) is 3.68. The zero-order valence-corrected chi connectivity index (χ0v) is 16.8. The number of carbonyl (C=O) groups excluding carboxylic acids is 1. The van der Waals surface area contributed by atoms with E-state index in [-0.39, 0.29) is 23.6 Å². The summed E-state index contributed by atoms with van der Waals surface area (Å²) in [5.41, 5.74) is 0.0956. The topological polar surface area (TPSA) is 71.0 Å². The molecule has 1 aliphatic rings. The molecule has 0 spiro atoms. The SMILES string of the molecule is O=C(c1ccc(F)cc1)N1CCC[C@H](c2ccnc(Nc3ncccc3C(F)(F)F)n2)C1. The van der Waals surface area contributed by atoms with Gasteiger partial charge in [-0.3, -0.25) is 4.79 Å². The van der Waals surface area contributed by atoms with Crippen LogP contribution < -0.4 is 5.32 Å². The number of carbonyl (C=O) groups is 1. The van der Waals surface area contributed by atoms with Gasteiger partial charge < -0.3 is 10.2 Å². The Kier molecular flexibility index (Phi) is 6.02. The smallest absolute Gasteiger partial charge is 0.338 e. The van der Waals surface area contributed by atoms with E-state index in [0.717, 1.165) is 18.9 Å². The standard InChI is InChI=1S/C22H19F4N5O/c23-16-7-5-14(6-8-16)20(32)31-12-2-3-15(13-31)18-9-11-28-21(29-18)30-19-17(22(24,25)26)4-1-10-27-19/h1,4-11,15H,2-3,12-13H2,(H,27,28,29,30)/t15-/m0/s1. The molecule has 32 heavy (non-hydrogen) atoms. The highest BCUT2D eigenvalue weighted by Crippen LogP contribution is 2.34. The van der Waals surface area contributed by atoms with E-state index in [4.69, 9.17) is 0 Å². The molecule has 0 radical (unpaired) electrons. The van der Waals surface area contributed by atoms with Gasteiger partial charge >= 0.3 is 6.18 Å². The zero-order valence-electron chi connectivity index (χ0n) is 16.8. The van der Waals surface area contributed by atoms with Crippen LogP contribution in [0.15, 0.2) is 54.9 Å². The van der Waals surface area contributed by atoms with Gasteiger partial charge in [0, 0.05) is 37.0 Å². The van der Waals surface area contributed by atoms with Crippen LogP contribution in [0.3, 0.4) is 0 Å². The number of halogens is 4. The summed E-state index contributed by atoms with van der Waals surface area (Å²) in [4.78, 5) is 26.6. The lowest BCUT2D eigenvalue weighted by Gasteiger charge is -2.32. The number of likely N-dealkylation sites (tertiary alicyclic amines) is 1. The minimum absolute atomic E-state index is 0.00585. The third kappa shape index (κ3) is 4.84. The van der Waals surface area contributed by atoms with Gasteiger partial charge in [0.2, 0.25) is 5.95 Å². The number of benzene rings is 1. The van der Waals surface area contributed by atoms with Crippen LogP contribution in [0.5, 0.6) is 0 Å². The van der Waals surface area contributed by atoms with E-state index in [1.807, 2.05) is 0 Å².